The predicted molar refractivity (Wildman–Crippen MR) is 177 cm³/mol. The number of carbonyl (C=O) groups is 3. The lowest BCUT2D eigenvalue weighted by atomic mass is 9.82. The van der Waals surface area contributed by atoms with Crippen LogP contribution >= 0.6 is 11.3 Å². The fourth-order valence-electron chi connectivity index (χ4n) is 5.50. The van der Waals surface area contributed by atoms with E-state index in [1.54, 1.807) is 12.1 Å². The number of aliphatic carboxylic acids is 3. The molecule has 0 aliphatic carbocycles. The topological polar surface area (TPSA) is 194 Å². The van der Waals surface area contributed by atoms with E-state index in [-0.39, 0.29) is 21.0 Å². The van der Waals surface area contributed by atoms with Crippen molar-refractivity contribution < 1.29 is 47.6 Å². The number of pyridine rings is 1. The van der Waals surface area contributed by atoms with Crippen molar-refractivity contribution in [3.63, 3.8) is 0 Å². The van der Waals surface area contributed by atoms with E-state index in [4.69, 9.17) is 20.4 Å². The van der Waals surface area contributed by atoms with Crippen molar-refractivity contribution in [2.24, 2.45) is 5.41 Å². The molecule has 1 atom stereocenters. The van der Waals surface area contributed by atoms with E-state index in [2.05, 4.69) is 34.5 Å². The van der Waals surface area contributed by atoms with Crippen LogP contribution in [0.15, 0.2) is 59.6 Å². The van der Waals surface area contributed by atoms with Gasteiger partial charge in [0.05, 0.1) is 17.7 Å². The number of rotatable bonds is 14. The molecular formula is C33H42FN3O9S2. The first-order valence-corrected chi connectivity index (χ1v) is 17.5. The van der Waals surface area contributed by atoms with Crippen molar-refractivity contribution in [3.8, 4) is 0 Å². The average Bonchev–Trinajstić information content (AvgIpc) is 3.62. The summed E-state index contributed by atoms with van der Waals surface area (Å²) in [5.41, 5.74) is -0.102. The van der Waals surface area contributed by atoms with Crippen molar-refractivity contribution in [1.82, 2.24) is 14.6 Å². The molecular weight excluding hydrogens is 666 g/mol. The third-order valence-corrected chi connectivity index (χ3v) is 11.0. The summed E-state index contributed by atoms with van der Waals surface area (Å²) in [6.45, 7) is 10.2. The minimum Gasteiger partial charge on any atom is -0.481 e. The van der Waals surface area contributed by atoms with Gasteiger partial charge in [-0.15, -0.1) is 11.3 Å². The summed E-state index contributed by atoms with van der Waals surface area (Å²) >= 11 is 1.17. The van der Waals surface area contributed by atoms with Crippen LogP contribution in [0.1, 0.15) is 61.2 Å². The lowest BCUT2D eigenvalue weighted by molar-refractivity contribution is -0.170. The van der Waals surface area contributed by atoms with Crippen LogP contribution in [-0.4, -0.2) is 81.9 Å². The zero-order valence-electron chi connectivity index (χ0n) is 27.3. The highest BCUT2D eigenvalue weighted by Crippen LogP contribution is 2.41. The van der Waals surface area contributed by atoms with Crippen molar-refractivity contribution in [2.75, 3.05) is 19.6 Å². The molecule has 1 aromatic carbocycles. The number of nitrogens with zero attached hydrogens (tertiary/aromatic N) is 2. The molecule has 262 valence electrons. The molecule has 0 amide bonds. The zero-order valence-corrected chi connectivity index (χ0v) is 28.9. The Labute approximate surface area is 283 Å². The fourth-order valence-corrected chi connectivity index (χ4v) is 7.38. The smallest absolute Gasteiger partial charge is 0.336 e. The van der Waals surface area contributed by atoms with Crippen molar-refractivity contribution in [1.29, 1.82) is 0 Å². The van der Waals surface area contributed by atoms with Crippen LogP contribution in [-0.2, 0) is 36.4 Å². The molecule has 2 aromatic heterocycles. The first kappa shape index (κ1) is 38.7. The lowest BCUT2D eigenvalue weighted by Crippen LogP contribution is -2.44. The second-order valence-electron chi connectivity index (χ2n) is 12.7. The van der Waals surface area contributed by atoms with Crippen LogP contribution < -0.4 is 4.72 Å². The van der Waals surface area contributed by atoms with E-state index < -0.39 is 46.4 Å². The minimum atomic E-state index is -3.63. The molecule has 0 radical (unpaired) electrons. The molecule has 0 unspecified atom stereocenters. The highest BCUT2D eigenvalue weighted by molar-refractivity contribution is 7.89. The Morgan fingerprint density at radius 2 is 1.62 bits per heavy atom. The number of hydrogen-bond acceptors (Lipinski definition) is 9. The van der Waals surface area contributed by atoms with Crippen molar-refractivity contribution in [3.05, 3.63) is 81.6 Å². The summed E-state index contributed by atoms with van der Waals surface area (Å²) in [6.07, 6.45) is 2.01. The lowest BCUT2D eigenvalue weighted by Gasteiger charge is -2.38. The van der Waals surface area contributed by atoms with Gasteiger partial charge in [-0.2, -0.15) is 4.39 Å². The van der Waals surface area contributed by atoms with Crippen LogP contribution in [0, 0.1) is 24.4 Å². The van der Waals surface area contributed by atoms with Gasteiger partial charge >= 0.3 is 17.9 Å². The summed E-state index contributed by atoms with van der Waals surface area (Å²) in [7, 11) is -3.63. The first-order valence-electron chi connectivity index (χ1n) is 15.2. The molecule has 1 fully saturated rings. The van der Waals surface area contributed by atoms with Gasteiger partial charge in [0.25, 0.3) is 0 Å². The summed E-state index contributed by atoms with van der Waals surface area (Å²) in [4.78, 5) is 38.7. The number of aromatic nitrogens is 1. The molecule has 4 rings (SSSR count). The summed E-state index contributed by atoms with van der Waals surface area (Å²) in [5, 5.41) is 33.6. The molecule has 5 N–H and O–H groups in total. The fraction of sp³-hybridized carbons (Fsp3) is 0.455. The SMILES string of the molecule is Cc1ccc(S(=O)(=O)NC[C@]2(CCc3ccc(F)s3)CCN(C(C)(C)c3ccc(C)nc3)C2)cc1.O=C(O)CC(O)(CC(=O)O)C(=O)O. The van der Waals surface area contributed by atoms with Gasteiger partial charge in [-0.05, 0) is 94.8 Å². The van der Waals surface area contributed by atoms with E-state index in [1.807, 2.05) is 44.3 Å². The van der Waals surface area contributed by atoms with Gasteiger partial charge in [-0.1, -0.05) is 23.8 Å². The molecule has 0 saturated carbocycles. The quantitative estimate of drug-likeness (QED) is 0.161. The highest BCUT2D eigenvalue weighted by atomic mass is 32.2. The van der Waals surface area contributed by atoms with Gasteiger partial charge in [0, 0.05) is 35.4 Å². The minimum absolute atomic E-state index is 0.185. The Hall–Kier alpha value is -3.76. The molecule has 12 nitrogen and oxygen atoms in total. The molecule has 3 aromatic rings. The van der Waals surface area contributed by atoms with Crippen LogP contribution in [0.2, 0.25) is 0 Å². The maximum absolute atomic E-state index is 13.6. The average molecular weight is 708 g/mol. The number of halogens is 1. The van der Waals surface area contributed by atoms with Gasteiger partial charge in [-0.3, -0.25) is 19.5 Å². The zero-order chi connectivity index (χ0) is 35.9. The summed E-state index contributed by atoms with van der Waals surface area (Å²) < 4.78 is 42.6. The number of sulfonamides is 1. The van der Waals surface area contributed by atoms with E-state index in [9.17, 15) is 27.2 Å². The monoisotopic (exact) mass is 707 g/mol. The largest absolute Gasteiger partial charge is 0.481 e. The number of thiophene rings is 1. The highest BCUT2D eigenvalue weighted by Gasteiger charge is 2.44. The maximum Gasteiger partial charge on any atom is 0.336 e. The second-order valence-corrected chi connectivity index (χ2v) is 15.6. The van der Waals surface area contributed by atoms with Crippen LogP contribution in [0.4, 0.5) is 4.39 Å². The Bertz CT molecular complexity index is 1680. The van der Waals surface area contributed by atoms with E-state index >= 15 is 0 Å². The number of nitrogens with one attached hydrogen (secondary N) is 1. The van der Waals surface area contributed by atoms with Crippen molar-refractivity contribution >= 4 is 39.3 Å². The number of benzene rings is 1. The third kappa shape index (κ3) is 10.4. The number of aryl methyl sites for hydroxylation is 3. The number of likely N-dealkylation sites (tertiary alicyclic amines) is 1. The Balaban J connectivity index is 0.000000408. The molecule has 15 heteroatoms. The van der Waals surface area contributed by atoms with Gasteiger partial charge in [-0.25, -0.2) is 17.9 Å². The first-order chi connectivity index (χ1) is 22.3. The molecule has 0 spiro atoms. The van der Waals surface area contributed by atoms with Crippen LogP contribution in [0.25, 0.3) is 0 Å². The molecule has 1 aliphatic heterocycles. The molecule has 1 saturated heterocycles. The van der Waals surface area contributed by atoms with Gasteiger partial charge < -0.3 is 20.4 Å². The molecule has 1 aliphatic rings. The summed E-state index contributed by atoms with van der Waals surface area (Å²) in [5.74, 6) is -5.02. The number of aliphatic hydroxyl groups is 1. The number of hydrogen-bond donors (Lipinski definition) is 5. The van der Waals surface area contributed by atoms with E-state index in [0.29, 0.717) is 6.54 Å². The Morgan fingerprint density at radius 1 is 1.00 bits per heavy atom. The van der Waals surface area contributed by atoms with Gasteiger partial charge in [0.1, 0.15) is 0 Å². The van der Waals surface area contributed by atoms with E-state index in [1.165, 1.54) is 17.4 Å². The summed E-state index contributed by atoms with van der Waals surface area (Å²) in [6, 6.07) is 14.4. The third-order valence-electron chi connectivity index (χ3n) is 8.63. The van der Waals surface area contributed by atoms with Gasteiger partial charge in [0.2, 0.25) is 10.0 Å². The van der Waals surface area contributed by atoms with Crippen LogP contribution in [0.3, 0.4) is 0 Å². The van der Waals surface area contributed by atoms with E-state index in [0.717, 1.165) is 54.0 Å². The molecule has 48 heavy (non-hydrogen) atoms. The molecule has 0 bridgehead atoms. The second kappa shape index (κ2) is 15.6. The molecule has 3 heterocycles. The van der Waals surface area contributed by atoms with Gasteiger partial charge in [0.15, 0.2) is 10.7 Å². The Kier molecular flexibility index (Phi) is 12.6. The number of carboxylic acids is 3. The number of carboxylic acid groups (broad SMARTS) is 3. The predicted octanol–water partition coefficient (Wildman–Crippen LogP) is 4.19. The van der Waals surface area contributed by atoms with Crippen molar-refractivity contribution in [2.45, 2.75) is 75.8 Å². The standard InChI is InChI=1S/C27H34FN3O2S2.C6H8O7/c1-20-5-10-24(11-6-20)35(32,33)30-18-27(14-13-23-9-12-25(28)34-23)15-16-31(19-27)26(3,4)22-8-7-21(2)29-17-22;7-3(8)1-6(13,5(11)12)2-4(9)10/h5-12,17,30H,13-16,18-19H2,1-4H3;13H,1-2H2,(H,7,8)(H,9,10)(H,11,12)/t27-;/m0./s1. The van der Waals surface area contributed by atoms with Crippen LogP contribution in [0.5, 0.6) is 0 Å². The normalized spacial score (nSPS) is 17.0. The maximum atomic E-state index is 13.6. The Morgan fingerprint density at radius 3 is 2.12 bits per heavy atom.